The SMILES string of the molecule is CC(C)N1C[C@]2(CCCN(c3cc(N)nc(N)n3)C2)CCC1=O. The molecule has 23 heavy (non-hydrogen) atoms. The van der Waals surface area contributed by atoms with E-state index in [0.29, 0.717) is 12.2 Å². The van der Waals surface area contributed by atoms with E-state index in [9.17, 15) is 4.79 Å². The number of aromatic nitrogens is 2. The zero-order chi connectivity index (χ0) is 16.6. The lowest BCUT2D eigenvalue weighted by molar-refractivity contribution is -0.140. The first-order valence-corrected chi connectivity index (χ1v) is 8.33. The lowest BCUT2D eigenvalue weighted by Crippen LogP contribution is -2.55. The van der Waals surface area contributed by atoms with Crippen molar-refractivity contribution in [3.05, 3.63) is 6.07 Å². The Balaban J connectivity index is 1.81. The smallest absolute Gasteiger partial charge is 0.223 e. The number of carbonyl (C=O) groups excluding carboxylic acids is 1. The molecule has 0 unspecified atom stereocenters. The third kappa shape index (κ3) is 3.18. The van der Waals surface area contributed by atoms with E-state index in [0.717, 1.165) is 44.7 Å². The van der Waals surface area contributed by atoms with Crippen LogP contribution >= 0.6 is 0 Å². The van der Waals surface area contributed by atoms with E-state index in [-0.39, 0.29) is 23.3 Å². The fourth-order valence-corrected chi connectivity index (χ4v) is 3.88. The fourth-order valence-electron chi connectivity index (χ4n) is 3.88. The van der Waals surface area contributed by atoms with Crippen LogP contribution in [0, 0.1) is 5.41 Å². The van der Waals surface area contributed by atoms with Gasteiger partial charge in [0.15, 0.2) is 0 Å². The van der Waals surface area contributed by atoms with Crippen LogP contribution in [0.2, 0.25) is 0 Å². The summed E-state index contributed by atoms with van der Waals surface area (Å²) < 4.78 is 0. The molecule has 1 spiro atoms. The van der Waals surface area contributed by atoms with Crippen molar-refractivity contribution in [2.45, 2.75) is 45.6 Å². The summed E-state index contributed by atoms with van der Waals surface area (Å²) in [7, 11) is 0. The number of nitrogens with two attached hydrogens (primary N) is 2. The Morgan fingerprint density at radius 1 is 1.22 bits per heavy atom. The quantitative estimate of drug-likeness (QED) is 0.851. The van der Waals surface area contributed by atoms with Crippen molar-refractivity contribution in [2.75, 3.05) is 36.0 Å². The van der Waals surface area contributed by atoms with Gasteiger partial charge in [-0.15, -0.1) is 0 Å². The van der Waals surface area contributed by atoms with Crippen molar-refractivity contribution < 1.29 is 4.79 Å². The molecule has 2 aliphatic rings. The molecule has 0 bridgehead atoms. The molecule has 3 heterocycles. The number of amides is 1. The molecular formula is C16H26N6O. The third-order valence-electron chi connectivity index (χ3n) is 5.05. The van der Waals surface area contributed by atoms with Gasteiger partial charge in [-0.05, 0) is 33.1 Å². The first kappa shape index (κ1) is 15.8. The summed E-state index contributed by atoms with van der Waals surface area (Å²) in [6.45, 7) is 6.83. The lowest BCUT2D eigenvalue weighted by atomic mass is 9.73. The van der Waals surface area contributed by atoms with Crippen molar-refractivity contribution in [3.8, 4) is 0 Å². The van der Waals surface area contributed by atoms with Crippen molar-refractivity contribution in [2.24, 2.45) is 5.41 Å². The average molecular weight is 318 g/mol. The number of hydrogen-bond acceptors (Lipinski definition) is 6. The maximum absolute atomic E-state index is 12.2. The van der Waals surface area contributed by atoms with E-state index in [4.69, 9.17) is 11.5 Å². The van der Waals surface area contributed by atoms with Crippen LogP contribution in [0.15, 0.2) is 6.07 Å². The van der Waals surface area contributed by atoms with Crippen LogP contribution in [0.25, 0.3) is 0 Å². The highest BCUT2D eigenvalue weighted by molar-refractivity contribution is 5.77. The van der Waals surface area contributed by atoms with Crippen LogP contribution in [-0.2, 0) is 4.79 Å². The Hall–Kier alpha value is -2.05. The monoisotopic (exact) mass is 318 g/mol. The standard InChI is InChI=1S/C16H26N6O/c1-11(2)22-10-16(6-4-14(22)23)5-3-7-21(9-16)13-8-12(17)19-15(18)20-13/h8,11H,3-7,9-10H2,1-2H3,(H4,17,18,19,20)/t16-/m1/s1. The number of nitrogens with zero attached hydrogens (tertiary/aromatic N) is 4. The summed E-state index contributed by atoms with van der Waals surface area (Å²) in [5.41, 5.74) is 11.7. The van der Waals surface area contributed by atoms with E-state index >= 15 is 0 Å². The molecule has 126 valence electrons. The molecule has 7 heteroatoms. The molecule has 0 aromatic carbocycles. The van der Waals surface area contributed by atoms with Crippen LogP contribution < -0.4 is 16.4 Å². The van der Waals surface area contributed by atoms with E-state index < -0.39 is 0 Å². The number of hydrogen-bond donors (Lipinski definition) is 2. The van der Waals surface area contributed by atoms with E-state index in [1.165, 1.54) is 0 Å². The minimum Gasteiger partial charge on any atom is -0.383 e. The molecule has 2 fully saturated rings. The molecule has 0 radical (unpaired) electrons. The number of likely N-dealkylation sites (tertiary alicyclic amines) is 1. The van der Waals surface area contributed by atoms with Crippen molar-refractivity contribution in [3.63, 3.8) is 0 Å². The molecule has 1 aromatic heterocycles. The lowest BCUT2D eigenvalue weighted by Gasteiger charge is -2.49. The van der Waals surface area contributed by atoms with Gasteiger partial charge in [0.2, 0.25) is 11.9 Å². The Labute approximate surface area is 137 Å². The number of nitrogen functional groups attached to an aromatic ring is 2. The van der Waals surface area contributed by atoms with Gasteiger partial charge in [0.1, 0.15) is 11.6 Å². The topological polar surface area (TPSA) is 101 Å². The van der Waals surface area contributed by atoms with Crippen LogP contribution in [0.4, 0.5) is 17.6 Å². The Morgan fingerprint density at radius 3 is 2.70 bits per heavy atom. The van der Waals surface area contributed by atoms with E-state index in [1.54, 1.807) is 6.07 Å². The van der Waals surface area contributed by atoms with Crippen LogP contribution in [-0.4, -0.2) is 46.5 Å². The Bertz CT molecular complexity index is 584. The molecule has 7 nitrogen and oxygen atoms in total. The summed E-state index contributed by atoms with van der Waals surface area (Å²) in [6.07, 6.45) is 3.82. The minimum atomic E-state index is 0.144. The number of anilines is 3. The maximum Gasteiger partial charge on any atom is 0.223 e. The van der Waals surface area contributed by atoms with Crippen LogP contribution in [0.3, 0.4) is 0 Å². The summed E-state index contributed by atoms with van der Waals surface area (Å²) >= 11 is 0. The van der Waals surface area contributed by atoms with Gasteiger partial charge in [0.25, 0.3) is 0 Å². The van der Waals surface area contributed by atoms with E-state index in [1.807, 2.05) is 4.90 Å². The molecular weight excluding hydrogens is 292 g/mol. The zero-order valence-electron chi connectivity index (χ0n) is 14.0. The highest BCUT2D eigenvalue weighted by atomic mass is 16.2. The Morgan fingerprint density at radius 2 is 2.00 bits per heavy atom. The minimum absolute atomic E-state index is 0.144. The predicted octanol–water partition coefficient (Wildman–Crippen LogP) is 1.26. The van der Waals surface area contributed by atoms with Gasteiger partial charge in [0, 0.05) is 43.6 Å². The van der Waals surface area contributed by atoms with Crippen molar-refractivity contribution >= 4 is 23.5 Å². The molecule has 0 saturated carbocycles. The van der Waals surface area contributed by atoms with Gasteiger partial charge in [0.05, 0.1) is 0 Å². The van der Waals surface area contributed by atoms with Crippen molar-refractivity contribution in [1.29, 1.82) is 0 Å². The number of piperidine rings is 2. The van der Waals surface area contributed by atoms with Gasteiger partial charge in [-0.2, -0.15) is 9.97 Å². The van der Waals surface area contributed by atoms with Crippen LogP contribution in [0.1, 0.15) is 39.5 Å². The molecule has 3 rings (SSSR count). The molecule has 1 atom stereocenters. The second-order valence-corrected chi connectivity index (χ2v) is 7.15. The highest BCUT2D eigenvalue weighted by Crippen LogP contribution is 2.40. The second kappa shape index (κ2) is 5.86. The summed E-state index contributed by atoms with van der Waals surface area (Å²) in [4.78, 5) is 24.7. The highest BCUT2D eigenvalue weighted by Gasteiger charge is 2.42. The second-order valence-electron chi connectivity index (χ2n) is 7.15. The zero-order valence-corrected chi connectivity index (χ0v) is 14.0. The van der Waals surface area contributed by atoms with Crippen molar-refractivity contribution in [1.82, 2.24) is 14.9 Å². The number of rotatable bonds is 2. The number of carbonyl (C=O) groups is 1. The Kier molecular flexibility index (Phi) is 4.04. The largest absolute Gasteiger partial charge is 0.383 e. The molecule has 1 aromatic rings. The normalized spacial score (nSPS) is 25.4. The van der Waals surface area contributed by atoms with Gasteiger partial charge in [-0.25, -0.2) is 0 Å². The molecule has 4 N–H and O–H groups in total. The van der Waals surface area contributed by atoms with Gasteiger partial charge in [-0.1, -0.05) is 0 Å². The van der Waals surface area contributed by atoms with Gasteiger partial charge >= 0.3 is 0 Å². The van der Waals surface area contributed by atoms with Gasteiger partial charge in [-0.3, -0.25) is 4.79 Å². The molecule has 0 aliphatic carbocycles. The summed E-state index contributed by atoms with van der Waals surface area (Å²) in [5, 5.41) is 0. The maximum atomic E-state index is 12.2. The summed E-state index contributed by atoms with van der Waals surface area (Å²) in [5.74, 6) is 1.68. The average Bonchev–Trinajstić information content (AvgIpc) is 2.49. The predicted molar refractivity (Wildman–Crippen MR) is 90.8 cm³/mol. The first-order valence-electron chi connectivity index (χ1n) is 8.33. The molecule has 2 saturated heterocycles. The first-order chi connectivity index (χ1) is 10.9. The fraction of sp³-hybridized carbons (Fsp3) is 0.688. The van der Waals surface area contributed by atoms with Crippen LogP contribution in [0.5, 0.6) is 0 Å². The molecule has 1 amide bonds. The van der Waals surface area contributed by atoms with Gasteiger partial charge < -0.3 is 21.3 Å². The third-order valence-corrected chi connectivity index (χ3v) is 5.05. The molecule has 2 aliphatic heterocycles. The summed E-state index contributed by atoms with van der Waals surface area (Å²) in [6, 6.07) is 2.03. The van der Waals surface area contributed by atoms with E-state index in [2.05, 4.69) is 28.7 Å².